The van der Waals surface area contributed by atoms with Crippen molar-refractivity contribution < 1.29 is 17.6 Å². The van der Waals surface area contributed by atoms with Crippen LogP contribution in [0.3, 0.4) is 0 Å². The molecule has 0 unspecified atom stereocenters. The van der Waals surface area contributed by atoms with Crippen LogP contribution in [0.15, 0.2) is 64.1 Å². The van der Waals surface area contributed by atoms with Crippen LogP contribution in [-0.4, -0.2) is 36.7 Å². The number of rotatable bonds is 10. The van der Waals surface area contributed by atoms with Crippen LogP contribution in [0.2, 0.25) is 0 Å². The van der Waals surface area contributed by atoms with Gasteiger partial charge in [-0.25, -0.2) is 13.4 Å². The molecule has 7 nitrogen and oxygen atoms in total. The largest absolute Gasteiger partial charge is 0.467 e. The molecule has 0 N–H and O–H groups in total. The minimum Gasteiger partial charge on any atom is -0.467 e. The zero-order chi connectivity index (χ0) is 27.6. The first-order valence-electron chi connectivity index (χ1n) is 12.8. The Morgan fingerprint density at radius 1 is 0.974 bits per heavy atom. The molecule has 0 aliphatic rings. The lowest BCUT2D eigenvalue weighted by Gasteiger charge is -2.25. The lowest BCUT2D eigenvalue weighted by atomic mass is 10.1. The fourth-order valence-electron chi connectivity index (χ4n) is 4.23. The maximum absolute atomic E-state index is 13.8. The summed E-state index contributed by atoms with van der Waals surface area (Å²) in [5.41, 5.74) is 3.51. The van der Waals surface area contributed by atoms with Gasteiger partial charge in [-0.3, -0.25) is 9.69 Å². The number of carbonyl (C=O) groups excluding carboxylic acids is 1. The highest BCUT2D eigenvalue weighted by Gasteiger charge is 2.27. The maximum Gasteiger partial charge on any atom is 0.260 e. The predicted molar refractivity (Wildman–Crippen MR) is 153 cm³/mol. The molecule has 1 amide bonds. The second-order valence-corrected chi connectivity index (χ2v) is 13.5. The van der Waals surface area contributed by atoms with Crippen molar-refractivity contribution in [2.75, 3.05) is 18.0 Å². The summed E-state index contributed by atoms with van der Waals surface area (Å²) in [4.78, 5) is 20.3. The molecule has 2 aromatic carbocycles. The van der Waals surface area contributed by atoms with E-state index in [0.717, 1.165) is 21.3 Å². The number of carbonyl (C=O) groups is 1. The van der Waals surface area contributed by atoms with Crippen LogP contribution in [-0.2, 0) is 16.6 Å². The van der Waals surface area contributed by atoms with E-state index in [9.17, 15) is 13.2 Å². The van der Waals surface area contributed by atoms with Gasteiger partial charge in [0.2, 0.25) is 10.0 Å². The molecule has 38 heavy (non-hydrogen) atoms. The van der Waals surface area contributed by atoms with E-state index < -0.39 is 10.0 Å². The molecule has 0 saturated heterocycles. The van der Waals surface area contributed by atoms with Gasteiger partial charge in [-0.2, -0.15) is 4.31 Å². The van der Waals surface area contributed by atoms with Crippen LogP contribution in [0.5, 0.6) is 0 Å². The minimum atomic E-state index is -3.69. The average Bonchev–Trinajstić information content (AvgIpc) is 3.51. The predicted octanol–water partition coefficient (Wildman–Crippen LogP) is 6.66. The molecule has 0 bridgehead atoms. The molecular weight excluding hydrogens is 518 g/mol. The van der Waals surface area contributed by atoms with E-state index in [1.807, 2.05) is 46.8 Å². The molecule has 4 aromatic rings. The average molecular weight is 554 g/mol. The maximum atomic E-state index is 13.8. The first-order chi connectivity index (χ1) is 18.0. The van der Waals surface area contributed by atoms with Crippen molar-refractivity contribution in [3.63, 3.8) is 0 Å². The Kier molecular flexibility index (Phi) is 8.40. The number of sulfonamides is 1. The van der Waals surface area contributed by atoms with Crippen molar-refractivity contribution in [3.05, 3.63) is 77.2 Å². The van der Waals surface area contributed by atoms with Crippen LogP contribution in [0.1, 0.15) is 54.9 Å². The molecule has 0 aliphatic heterocycles. The van der Waals surface area contributed by atoms with Gasteiger partial charge in [0.25, 0.3) is 5.91 Å². The monoisotopic (exact) mass is 553 g/mol. The highest BCUT2D eigenvalue weighted by Crippen LogP contribution is 2.33. The third kappa shape index (κ3) is 6.17. The third-order valence-electron chi connectivity index (χ3n) is 6.24. The van der Waals surface area contributed by atoms with E-state index in [4.69, 9.17) is 9.40 Å². The lowest BCUT2D eigenvalue weighted by Crippen LogP contribution is -2.37. The van der Waals surface area contributed by atoms with Gasteiger partial charge in [0, 0.05) is 18.7 Å². The van der Waals surface area contributed by atoms with Crippen molar-refractivity contribution in [2.45, 2.75) is 53.0 Å². The minimum absolute atomic E-state index is 0.180. The smallest absolute Gasteiger partial charge is 0.260 e. The zero-order valence-electron chi connectivity index (χ0n) is 22.8. The highest BCUT2D eigenvalue weighted by molar-refractivity contribution is 7.89. The summed E-state index contributed by atoms with van der Waals surface area (Å²) >= 11 is 1.45. The van der Waals surface area contributed by atoms with Gasteiger partial charge >= 0.3 is 0 Å². The number of hydrogen-bond acceptors (Lipinski definition) is 6. The van der Waals surface area contributed by atoms with Gasteiger partial charge in [0.05, 0.1) is 27.9 Å². The molecule has 0 aliphatic carbocycles. The summed E-state index contributed by atoms with van der Waals surface area (Å²) < 4.78 is 34.9. The molecule has 0 spiro atoms. The van der Waals surface area contributed by atoms with Crippen molar-refractivity contribution in [2.24, 2.45) is 11.8 Å². The van der Waals surface area contributed by atoms with Gasteiger partial charge in [-0.05, 0) is 85.3 Å². The fraction of sp³-hybridized carbons (Fsp3) is 0.379. The zero-order valence-corrected chi connectivity index (χ0v) is 24.4. The van der Waals surface area contributed by atoms with Crippen molar-refractivity contribution in [1.29, 1.82) is 0 Å². The normalized spacial score (nSPS) is 12.2. The molecular formula is C29H35N3O4S2. The molecule has 0 atom stereocenters. The van der Waals surface area contributed by atoms with Crippen LogP contribution in [0.4, 0.5) is 5.13 Å². The van der Waals surface area contributed by atoms with E-state index in [1.165, 1.54) is 27.8 Å². The Labute approximate surface area is 229 Å². The van der Waals surface area contributed by atoms with Crippen molar-refractivity contribution in [1.82, 2.24) is 9.29 Å². The second kappa shape index (κ2) is 11.4. The van der Waals surface area contributed by atoms with Gasteiger partial charge in [-0.15, -0.1) is 0 Å². The molecule has 2 aromatic heterocycles. The topological polar surface area (TPSA) is 83.7 Å². The quantitative estimate of drug-likeness (QED) is 0.219. The molecule has 2 heterocycles. The first kappa shape index (κ1) is 28.0. The highest BCUT2D eigenvalue weighted by atomic mass is 32.2. The lowest BCUT2D eigenvalue weighted by molar-refractivity contribution is 0.0983. The SMILES string of the molecule is Cc1cc2nc(N(Cc3ccco3)C(=O)c3ccc(S(=O)(=O)N(CC(C)C)CC(C)C)cc3)sc2cc1C. The first-order valence-corrected chi connectivity index (χ1v) is 15.0. The number of hydrogen-bond donors (Lipinski definition) is 0. The van der Waals surface area contributed by atoms with Crippen LogP contribution < -0.4 is 4.90 Å². The summed E-state index contributed by atoms with van der Waals surface area (Å²) in [5, 5.41) is 0.558. The van der Waals surface area contributed by atoms with E-state index in [0.29, 0.717) is 29.5 Å². The summed E-state index contributed by atoms with van der Waals surface area (Å²) in [6, 6.07) is 13.9. The number of furan rings is 1. The summed E-state index contributed by atoms with van der Waals surface area (Å²) in [6.45, 7) is 13.2. The van der Waals surface area contributed by atoms with Crippen molar-refractivity contribution in [3.8, 4) is 0 Å². The number of benzene rings is 2. The van der Waals surface area contributed by atoms with Crippen LogP contribution in [0, 0.1) is 25.7 Å². The Hall–Kier alpha value is -3.01. The van der Waals surface area contributed by atoms with E-state index in [2.05, 4.69) is 13.0 Å². The number of anilines is 1. The Morgan fingerprint density at radius 2 is 1.61 bits per heavy atom. The molecule has 0 fully saturated rings. The molecule has 9 heteroatoms. The number of fused-ring (bicyclic) bond motifs is 1. The molecule has 0 radical (unpaired) electrons. The number of amides is 1. The van der Waals surface area contributed by atoms with E-state index >= 15 is 0 Å². The Balaban J connectivity index is 1.67. The summed E-state index contributed by atoms with van der Waals surface area (Å²) in [7, 11) is -3.69. The summed E-state index contributed by atoms with van der Waals surface area (Å²) in [5.74, 6) is 0.739. The molecule has 4 rings (SSSR count). The van der Waals surface area contributed by atoms with Gasteiger partial charge in [-0.1, -0.05) is 39.0 Å². The number of thiazole rings is 1. The second-order valence-electron chi connectivity index (χ2n) is 10.5. The molecule has 0 saturated carbocycles. The van der Waals surface area contributed by atoms with Gasteiger partial charge in [0.1, 0.15) is 5.76 Å². The number of nitrogens with zero attached hydrogens (tertiary/aromatic N) is 3. The van der Waals surface area contributed by atoms with Crippen LogP contribution >= 0.6 is 11.3 Å². The van der Waals surface area contributed by atoms with E-state index in [1.54, 1.807) is 29.4 Å². The molecule has 202 valence electrons. The Bertz CT molecular complexity index is 1460. The van der Waals surface area contributed by atoms with Crippen LogP contribution in [0.25, 0.3) is 10.2 Å². The third-order valence-corrected chi connectivity index (χ3v) is 9.13. The van der Waals surface area contributed by atoms with Gasteiger partial charge < -0.3 is 4.42 Å². The van der Waals surface area contributed by atoms with E-state index in [-0.39, 0.29) is 29.2 Å². The standard InChI is InChI=1S/C29H35N3O4S2/c1-19(2)16-31(17-20(3)4)38(34,35)25-11-9-23(10-12-25)28(33)32(18-24-8-7-13-36-24)29-30-26-14-21(5)22(6)15-27(26)37-29/h7-15,19-20H,16-18H2,1-6H3. The van der Waals surface area contributed by atoms with Gasteiger partial charge in [0.15, 0.2) is 5.13 Å². The number of aryl methyl sites for hydroxylation is 2. The number of aromatic nitrogens is 1. The fourth-order valence-corrected chi connectivity index (χ4v) is 7.04. The summed E-state index contributed by atoms with van der Waals surface area (Å²) in [6.07, 6.45) is 1.57. The Morgan fingerprint density at radius 3 is 2.18 bits per heavy atom. The van der Waals surface area contributed by atoms with Crippen molar-refractivity contribution >= 4 is 42.6 Å².